The minimum absolute atomic E-state index is 0.263. The molecule has 1 aliphatic rings. The van der Waals surface area contributed by atoms with Gasteiger partial charge in [-0.1, -0.05) is 36.4 Å². The molecule has 0 bridgehead atoms. The first-order chi connectivity index (χ1) is 12.8. The number of hydrogen-bond donors (Lipinski definition) is 1. The largest absolute Gasteiger partial charge is 0.490 e. The van der Waals surface area contributed by atoms with Crippen LogP contribution in [0.3, 0.4) is 0 Å². The summed E-state index contributed by atoms with van der Waals surface area (Å²) < 4.78 is 44.0. The van der Waals surface area contributed by atoms with Crippen LogP contribution in [0.1, 0.15) is 29.5 Å². The number of rotatable bonds is 6. The Bertz CT molecular complexity index is 859. The van der Waals surface area contributed by atoms with Gasteiger partial charge in [0.25, 0.3) is 0 Å². The number of carboxylic acids is 1. The quantitative estimate of drug-likeness (QED) is 0.550. The number of benzene rings is 2. The minimum atomic E-state index is -4.41. The van der Waals surface area contributed by atoms with E-state index in [-0.39, 0.29) is 6.10 Å². The van der Waals surface area contributed by atoms with E-state index >= 15 is 0 Å². The Morgan fingerprint density at radius 1 is 1.00 bits per heavy atom. The Labute approximate surface area is 154 Å². The molecule has 0 heterocycles. The van der Waals surface area contributed by atoms with E-state index in [0.29, 0.717) is 11.1 Å². The van der Waals surface area contributed by atoms with Gasteiger partial charge in [-0.05, 0) is 53.8 Å². The highest BCUT2D eigenvalue weighted by Crippen LogP contribution is 2.32. The van der Waals surface area contributed by atoms with E-state index < -0.39 is 17.7 Å². The van der Waals surface area contributed by atoms with E-state index in [4.69, 9.17) is 9.84 Å². The summed E-state index contributed by atoms with van der Waals surface area (Å²) in [5, 5.41) is 8.76. The summed E-state index contributed by atoms with van der Waals surface area (Å²) in [5.41, 5.74) is 1.17. The molecule has 1 N–H and O–H groups in total. The van der Waals surface area contributed by atoms with Crippen LogP contribution in [0.15, 0.2) is 66.8 Å². The topological polar surface area (TPSA) is 46.5 Å². The maximum absolute atomic E-state index is 12.8. The van der Waals surface area contributed by atoms with Crippen molar-refractivity contribution in [3.8, 4) is 5.75 Å². The molecule has 6 heteroatoms. The van der Waals surface area contributed by atoms with Crippen molar-refractivity contribution in [2.45, 2.75) is 25.1 Å². The zero-order chi connectivity index (χ0) is 19.4. The summed E-state index contributed by atoms with van der Waals surface area (Å²) >= 11 is 0. The fourth-order valence-corrected chi connectivity index (χ4v) is 2.52. The third-order valence-corrected chi connectivity index (χ3v) is 4.02. The van der Waals surface area contributed by atoms with Crippen LogP contribution >= 0.6 is 0 Å². The molecule has 27 heavy (non-hydrogen) atoms. The van der Waals surface area contributed by atoms with Gasteiger partial charge in [0, 0.05) is 6.08 Å². The van der Waals surface area contributed by atoms with Crippen LogP contribution in [-0.4, -0.2) is 17.2 Å². The molecule has 0 unspecified atom stereocenters. The third-order valence-electron chi connectivity index (χ3n) is 4.02. The Kier molecular flexibility index (Phi) is 5.35. The second-order valence-corrected chi connectivity index (χ2v) is 6.19. The normalized spacial score (nSPS) is 15.1. The van der Waals surface area contributed by atoms with Gasteiger partial charge in [-0.15, -0.1) is 0 Å². The van der Waals surface area contributed by atoms with Gasteiger partial charge in [0.2, 0.25) is 0 Å². The molecule has 0 amide bonds. The molecule has 0 saturated heterocycles. The third kappa shape index (κ3) is 5.23. The van der Waals surface area contributed by atoms with Gasteiger partial charge in [-0.3, -0.25) is 0 Å². The van der Waals surface area contributed by atoms with Crippen LogP contribution in [0.4, 0.5) is 13.2 Å². The number of allylic oxidation sites excluding steroid dienone is 2. The van der Waals surface area contributed by atoms with E-state index in [1.807, 2.05) is 0 Å². The molecule has 1 fully saturated rings. The number of aliphatic carboxylic acids is 1. The fourth-order valence-electron chi connectivity index (χ4n) is 2.52. The highest BCUT2D eigenvalue weighted by molar-refractivity contribution is 5.84. The summed E-state index contributed by atoms with van der Waals surface area (Å²) in [6.07, 6.45) is 1.82. The number of alkyl halides is 3. The molecule has 2 aromatic carbocycles. The SMILES string of the molecule is O=C(O)/C=C/C=C(\c1ccc(OC2CC2)cc1)c1ccc(C(F)(F)F)cc1. The summed E-state index contributed by atoms with van der Waals surface area (Å²) in [6, 6.07) is 12.0. The predicted octanol–water partition coefficient (Wildman–Crippen LogP) is 5.32. The molecule has 3 rings (SSSR count). The molecule has 3 nitrogen and oxygen atoms in total. The lowest BCUT2D eigenvalue weighted by atomic mass is 9.96. The van der Waals surface area contributed by atoms with Gasteiger partial charge in [-0.2, -0.15) is 13.2 Å². The highest BCUT2D eigenvalue weighted by Gasteiger charge is 2.30. The molecule has 1 aliphatic carbocycles. The zero-order valence-corrected chi connectivity index (χ0v) is 14.2. The van der Waals surface area contributed by atoms with Crippen molar-refractivity contribution in [3.05, 3.63) is 83.4 Å². The highest BCUT2D eigenvalue weighted by atomic mass is 19.4. The Balaban J connectivity index is 1.91. The number of ether oxygens (including phenoxy) is 1. The minimum Gasteiger partial charge on any atom is -0.490 e. The van der Waals surface area contributed by atoms with E-state index in [1.54, 1.807) is 30.3 Å². The van der Waals surface area contributed by atoms with Crippen LogP contribution in [0.25, 0.3) is 5.57 Å². The van der Waals surface area contributed by atoms with Crippen LogP contribution in [-0.2, 0) is 11.0 Å². The van der Waals surface area contributed by atoms with Crippen LogP contribution in [0.2, 0.25) is 0 Å². The Morgan fingerprint density at radius 2 is 1.56 bits per heavy atom. The summed E-state index contributed by atoms with van der Waals surface area (Å²) in [5.74, 6) is -0.375. The van der Waals surface area contributed by atoms with Crippen molar-refractivity contribution >= 4 is 11.5 Å². The molecule has 0 atom stereocenters. The van der Waals surface area contributed by atoms with Crippen molar-refractivity contribution in [2.75, 3.05) is 0 Å². The molecule has 1 saturated carbocycles. The van der Waals surface area contributed by atoms with Gasteiger partial charge < -0.3 is 9.84 Å². The number of carbonyl (C=O) groups is 1. The van der Waals surface area contributed by atoms with Crippen LogP contribution in [0.5, 0.6) is 5.75 Å². The first kappa shape index (κ1) is 18.8. The maximum atomic E-state index is 12.8. The van der Waals surface area contributed by atoms with E-state index in [0.717, 1.165) is 42.4 Å². The Hall–Kier alpha value is -3.02. The van der Waals surface area contributed by atoms with E-state index in [1.165, 1.54) is 18.2 Å². The molecular formula is C21H17F3O3. The first-order valence-corrected chi connectivity index (χ1v) is 8.39. The van der Waals surface area contributed by atoms with Crippen molar-refractivity contribution in [1.29, 1.82) is 0 Å². The smallest absolute Gasteiger partial charge is 0.416 e. The van der Waals surface area contributed by atoms with Crippen molar-refractivity contribution in [2.24, 2.45) is 0 Å². The molecule has 0 aliphatic heterocycles. The van der Waals surface area contributed by atoms with Gasteiger partial charge in [0.1, 0.15) is 5.75 Å². The molecule has 0 radical (unpaired) electrons. The van der Waals surface area contributed by atoms with Crippen molar-refractivity contribution < 1.29 is 27.8 Å². The van der Waals surface area contributed by atoms with E-state index in [9.17, 15) is 18.0 Å². The molecule has 0 spiro atoms. The lowest BCUT2D eigenvalue weighted by Gasteiger charge is -2.12. The van der Waals surface area contributed by atoms with Gasteiger partial charge >= 0.3 is 12.1 Å². The lowest BCUT2D eigenvalue weighted by molar-refractivity contribution is -0.137. The number of carboxylic acid groups (broad SMARTS) is 1. The van der Waals surface area contributed by atoms with Gasteiger partial charge in [0.05, 0.1) is 11.7 Å². The van der Waals surface area contributed by atoms with Gasteiger partial charge in [0.15, 0.2) is 0 Å². The molecule has 0 aromatic heterocycles. The number of hydrogen-bond acceptors (Lipinski definition) is 2. The van der Waals surface area contributed by atoms with E-state index in [2.05, 4.69) is 0 Å². The predicted molar refractivity (Wildman–Crippen MR) is 95.4 cm³/mol. The lowest BCUT2D eigenvalue weighted by Crippen LogP contribution is -2.04. The second kappa shape index (κ2) is 7.70. The van der Waals surface area contributed by atoms with Crippen molar-refractivity contribution in [3.63, 3.8) is 0 Å². The zero-order valence-electron chi connectivity index (χ0n) is 14.2. The summed E-state index contributed by atoms with van der Waals surface area (Å²) in [4.78, 5) is 10.7. The van der Waals surface area contributed by atoms with Gasteiger partial charge in [-0.25, -0.2) is 4.79 Å². The standard InChI is InChI=1S/C21H17F3O3/c22-21(23,24)16-8-4-14(5-9-16)19(2-1-3-20(25)26)15-6-10-17(11-7-15)27-18-12-13-18/h1-11,18H,12-13H2,(H,25,26)/b3-1+,19-2-. The molecule has 140 valence electrons. The first-order valence-electron chi connectivity index (χ1n) is 8.39. The summed E-state index contributed by atoms with van der Waals surface area (Å²) in [7, 11) is 0. The number of halogens is 3. The monoisotopic (exact) mass is 374 g/mol. The van der Waals surface area contributed by atoms with Crippen LogP contribution < -0.4 is 4.74 Å². The average Bonchev–Trinajstić information content (AvgIpc) is 3.43. The summed E-state index contributed by atoms with van der Waals surface area (Å²) in [6.45, 7) is 0. The maximum Gasteiger partial charge on any atom is 0.416 e. The fraction of sp³-hybridized carbons (Fsp3) is 0.190. The average molecular weight is 374 g/mol. The van der Waals surface area contributed by atoms with Crippen molar-refractivity contribution in [1.82, 2.24) is 0 Å². The molecular weight excluding hydrogens is 357 g/mol. The van der Waals surface area contributed by atoms with Crippen LogP contribution in [0, 0.1) is 0 Å². The second-order valence-electron chi connectivity index (χ2n) is 6.19. The Morgan fingerprint density at radius 3 is 2.04 bits per heavy atom. The molecule has 2 aromatic rings.